The number of amides is 1. The van der Waals surface area contributed by atoms with Gasteiger partial charge in [-0.2, -0.15) is 0 Å². The van der Waals surface area contributed by atoms with Gasteiger partial charge < -0.3 is 10.1 Å². The van der Waals surface area contributed by atoms with Gasteiger partial charge in [-0.1, -0.05) is 23.8 Å². The first-order chi connectivity index (χ1) is 11.3. The van der Waals surface area contributed by atoms with Crippen LogP contribution in [0, 0.1) is 32.4 Å². The average Bonchev–Trinajstić information content (AvgIpc) is 2.45. The number of carbonyl (C=O) groups excluding carboxylic acids is 1. The molecule has 0 radical (unpaired) electrons. The Bertz CT molecular complexity index is 736. The molecule has 2 rings (SSSR count). The molecule has 128 valence electrons. The Hall–Kier alpha value is -2.43. The van der Waals surface area contributed by atoms with Gasteiger partial charge in [0.15, 0.2) is 6.61 Å². The molecule has 0 aliphatic rings. The number of carbonyl (C=O) groups is 1. The molecule has 0 aliphatic heterocycles. The van der Waals surface area contributed by atoms with E-state index in [4.69, 9.17) is 4.74 Å². The smallest absolute Gasteiger partial charge is 0.258 e. The van der Waals surface area contributed by atoms with Crippen LogP contribution in [-0.2, 0) is 4.79 Å². The summed E-state index contributed by atoms with van der Waals surface area (Å²) >= 11 is 0. The number of rotatable bonds is 5. The molecule has 1 amide bonds. The summed E-state index contributed by atoms with van der Waals surface area (Å²) in [7, 11) is 0. The van der Waals surface area contributed by atoms with Gasteiger partial charge in [0.25, 0.3) is 5.91 Å². The third-order valence-electron chi connectivity index (χ3n) is 3.76. The number of nitrogens with one attached hydrogen (secondary N) is 1. The molecule has 5 heteroatoms. The molecule has 24 heavy (non-hydrogen) atoms. The van der Waals surface area contributed by atoms with Gasteiger partial charge in [0, 0.05) is 11.6 Å². The fraction of sp³-hybridized carbons (Fsp3) is 0.316. The Morgan fingerprint density at radius 2 is 1.75 bits per heavy atom. The van der Waals surface area contributed by atoms with Crippen LogP contribution in [0.5, 0.6) is 5.75 Å². The van der Waals surface area contributed by atoms with Crippen LogP contribution in [0.4, 0.5) is 8.78 Å². The standard InChI is InChI=1S/C19H21F2NO2/c1-11-7-12(2)19(13(3)8-11)24-10-18(23)22-14(4)16-6-5-15(20)9-17(16)21/h5-9,14H,10H2,1-4H3,(H,22,23)/t14-/m0/s1. The monoisotopic (exact) mass is 333 g/mol. The van der Waals surface area contributed by atoms with E-state index in [1.807, 2.05) is 32.9 Å². The van der Waals surface area contributed by atoms with Crippen molar-refractivity contribution in [2.45, 2.75) is 33.7 Å². The number of ether oxygens (including phenoxy) is 1. The molecule has 2 aromatic rings. The molecule has 0 fully saturated rings. The third kappa shape index (κ3) is 4.31. The number of benzene rings is 2. The molecule has 1 N–H and O–H groups in total. The summed E-state index contributed by atoms with van der Waals surface area (Å²) in [6.07, 6.45) is 0. The van der Waals surface area contributed by atoms with Crippen molar-refractivity contribution in [3.8, 4) is 5.75 Å². The lowest BCUT2D eigenvalue weighted by Gasteiger charge is -2.17. The summed E-state index contributed by atoms with van der Waals surface area (Å²) in [6.45, 7) is 7.30. The molecule has 0 aromatic heterocycles. The van der Waals surface area contributed by atoms with E-state index >= 15 is 0 Å². The number of aryl methyl sites for hydroxylation is 3. The first-order valence-electron chi connectivity index (χ1n) is 7.73. The summed E-state index contributed by atoms with van der Waals surface area (Å²) in [5, 5.41) is 2.65. The second-order valence-electron chi connectivity index (χ2n) is 5.97. The van der Waals surface area contributed by atoms with Crippen LogP contribution >= 0.6 is 0 Å². The Kier molecular flexibility index (Phi) is 5.54. The zero-order valence-electron chi connectivity index (χ0n) is 14.2. The summed E-state index contributed by atoms with van der Waals surface area (Å²) in [5.74, 6) is -1.03. The molecule has 0 unspecified atom stereocenters. The van der Waals surface area contributed by atoms with Gasteiger partial charge in [-0.05, 0) is 44.9 Å². The van der Waals surface area contributed by atoms with Crippen molar-refractivity contribution in [2.75, 3.05) is 6.61 Å². The molecular formula is C19H21F2NO2. The second kappa shape index (κ2) is 7.43. The van der Waals surface area contributed by atoms with E-state index < -0.39 is 17.7 Å². The molecule has 0 heterocycles. The maximum atomic E-state index is 13.7. The zero-order chi connectivity index (χ0) is 17.9. The summed E-state index contributed by atoms with van der Waals surface area (Å²) < 4.78 is 32.3. The SMILES string of the molecule is Cc1cc(C)c(OCC(=O)N[C@@H](C)c2ccc(F)cc2F)c(C)c1. The van der Waals surface area contributed by atoms with E-state index in [2.05, 4.69) is 5.32 Å². The van der Waals surface area contributed by atoms with Crippen molar-refractivity contribution in [3.05, 3.63) is 64.2 Å². The van der Waals surface area contributed by atoms with Crippen molar-refractivity contribution >= 4 is 5.91 Å². The number of hydrogen-bond donors (Lipinski definition) is 1. The topological polar surface area (TPSA) is 38.3 Å². The highest BCUT2D eigenvalue weighted by Crippen LogP contribution is 2.24. The zero-order valence-corrected chi connectivity index (χ0v) is 14.2. The molecule has 1 atom stereocenters. The predicted octanol–water partition coefficient (Wildman–Crippen LogP) is 4.15. The van der Waals surface area contributed by atoms with E-state index in [1.165, 1.54) is 6.07 Å². The molecule has 0 spiro atoms. The normalized spacial score (nSPS) is 11.9. The fourth-order valence-corrected chi connectivity index (χ4v) is 2.75. The van der Waals surface area contributed by atoms with Gasteiger partial charge in [-0.3, -0.25) is 4.79 Å². The molecule has 0 bridgehead atoms. The van der Waals surface area contributed by atoms with Crippen LogP contribution in [0.2, 0.25) is 0 Å². The minimum atomic E-state index is -0.686. The van der Waals surface area contributed by atoms with Gasteiger partial charge in [-0.15, -0.1) is 0 Å². The van der Waals surface area contributed by atoms with Crippen molar-refractivity contribution in [2.24, 2.45) is 0 Å². The highest BCUT2D eigenvalue weighted by atomic mass is 19.1. The Morgan fingerprint density at radius 1 is 1.12 bits per heavy atom. The molecular weight excluding hydrogens is 312 g/mol. The summed E-state index contributed by atoms with van der Waals surface area (Å²) in [5.41, 5.74) is 3.27. The molecule has 2 aromatic carbocycles. The van der Waals surface area contributed by atoms with Crippen molar-refractivity contribution in [1.29, 1.82) is 0 Å². The van der Waals surface area contributed by atoms with Crippen LogP contribution in [0.15, 0.2) is 30.3 Å². The van der Waals surface area contributed by atoms with Crippen molar-refractivity contribution < 1.29 is 18.3 Å². The Labute approximate surface area is 140 Å². The van der Waals surface area contributed by atoms with Gasteiger partial charge in [-0.25, -0.2) is 8.78 Å². The lowest BCUT2D eigenvalue weighted by Crippen LogP contribution is -2.31. The van der Waals surface area contributed by atoms with E-state index in [-0.39, 0.29) is 18.1 Å². The van der Waals surface area contributed by atoms with E-state index in [0.29, 0.717) is 5.75 Å². The van der Waals surface area contributed by atoms with Crippen LogP contribution in [0.25, 0.3) is 0 Å². The lowest BCUT2D eigenvalue weighted by molar-refractivity contribution is -0.123. The van der Waals surface area contributed by atoms with E-state index in [1.54, 1.807) is 6.92 Å². The van der Waals surface area contributed by atoms with Gasteiger partial charge in [0.05, 0.1) is 6.04 Å². The van der Waals surface area contributed by atoms with Crippen LogP contribution in [0.1, 0.15) is 35.2 Å². The summed E-state index contributed by atoms with van der Waals surface area (Å²) in [6, 6.07) is 6.67. The average molecular weight is 333 g/mol. The van der Waals surface area contributed by atoms with E-state index in [9.17, 15) is 13.6 Å². The molecule has 3 nitrogen and oxygen atoms in total. The van der Waals surface area contributed by atoms with E-state index in [0.717, 1.165) is 28.8 Å². The maximum Gasteiger partial charge on any atom is 0.258 e. The molecule has 0 saturated carbocycles. The highest BCUT2D eigenvalue weighted by molar-refractivity contribution is 5.78. The fourth-order valence-electron chi connectivity index (χ4n) is 2.75. The quantitative estimate of drug-likeness (QED) is 0.893. The van der Waals surface area contributed by atoms with Crippen molar-refractivity contribution in [1.82, 2.24) is 5.32 Å². The predicted molar refractivity (Wildman–Crippen MR) is 89.1 cm³/mol. The highest BCUT2D eigenvalue weighted by Gasteiger charge is 2.15. The van der Waals surface area contributed by atoms with Crippen LogP contribution in [-0.4, -0.2) is 12.5 Å². The second-order valence-corrected chi connectivity index (χ2v) is 5.97. The lowest BCUT2D eigenvalue weighted by atomic mass is 10.1. The maximum absolute atomic E-state index is 13.7. The summed E-state index contributed by atoms with van der Waals surface area (Å²) in [4.78, 5) is 12.0. The molecule has 0 saturated heterocycles. The minimum Gasteiger partial charge on any atom is -0.483 e. The number of halogens is 2. The first-order valence-corrected chi connectivity index (χ1v) is 7.73. The van der Waals surface area contributed by atoms with Gasteiger partial charge >= 0.3 is 0 Å². The first kappa shape index (κ1) is 17.9. The van der Waals surface area contributed by atoms with Crippen LogP contribution in [0.3, 0.4) is 0 Å². The van der Waals surface area contributed by atoms with Gasteiger partial charge in [0.1, 0.15) is 17.4 Å². The largest absolute Gasteiger partial charge is 0.483 e. The Morgan fingerprint density at radius 3 is 2.33 bits per heavy atom. The Balaban J connectivity index is 1.98. The van der Waals surface area contributed by atoms with Crippen molar-refractivity contribution in [3.63, 3.8) is 0 Å². The van der Waals surface area contributed by atoms with Crippen LogP contribution < -0.4 is 10.1 Å². The van der Waals surface area contributed by atoms with Gasteiger partial charge in [0.2, 0.25) is 0 Å². The number of hydrogen-bond acceptors (Lipinski definition) is 2. The molecule has 0 aliphatic carbocycles. The third-order valence-corrected chi connectivity index (χ3v) is 3.76. The minimum absolute atomic E-state index is 0.169.